The van der Waals surface area contributed by atoms with Crippen LogP contribution in [0.2, 0.25) is 0 Å². The van der Waals surface area contributed by atoms with Gasteiger partial charge in [0.1, 0.15) is 0 Å². The van der Waals surface area contributed by atoms with Crippen LogP contribution in [0.4, 0.5) is 0 Å². The van der Waals surface area contributed by atoms with E-state index >= 15 is 0 Å². The van der Waals surface area contributed by atoms with Crippen LogP contribution in [-0.4, -0.2) is 0 Å². The molecule has 0 spiro atoms. The predicted molar refractivity (Wildman–Crippen MR) is 346 cm³/mol. The molecule has 0 N–H and O–H groups in total. The zero-order valence-corrected chi connectivity index (χ0v) is 50.5. The molecule has 0 bridgehead atoms. The first-order valence-electron chi connectivity index (χ1n) is 25.8. The van der Waals surface area contributed by atoms with Crippen molar-refractivity contribution in [2.45, 2.75) is 0 Å². The van der Waals surface area contributed by atoms with Crippen LogP contribution in [0.5, 0.6) is 0 Å². The summed E-state index contributed by atoms with van der Waals surface area (Å²) in [7, 11) is 2.94. The average molecular weight is 1270 g/mol. The third kappa shape index (κ3) is 17.2. The standard InChI is InChI=1S/4C18H15P.ClH.W/c4*1-4-10-16(11-5-1)19(17-12-6-2-7-13-17)18-14-8-3-9-15-18;;/h4*1-15H;1H;/q;;;;;+1/p-1. The van der Waals surface area contributed by atoms with Gasteiger partial charge in [0.15, 0.2) is 0 Å². The van der Waals surface area contributed by atoms with E-state index in [2.05, 4.69) is 364 Å². The van der Waals surface area contributed by atoms with Crippen molar-refractivity contribution < 1.29 is 18.8 Å². The summed E-state index contributed by atoms with van der Waals surface area (Å²) in [6.07, 6.45) is 0. The van der Waals surface area contributed by atoms with Gasteiger partial charge in [0.2, 0.25) is 0 Å². The van der Waals surface area contributed by atoms with Gasteiger partial charge < -0.3 is 0 Å². The Balaban J connectivity index is 0.000000136. The summed E-state index contributed by atoms with van der Waals surface area (Å²) in [5.74, 6) is 0. The Kier molecular flexibility index (Phi) is 24.3. The second kappa shape index (κ2) is 32.9. The molecule has 0 aromatic heterocycles. The van der Waals surface area contributed by atoms with Gasteiger partial charge >= 0.3 is 28.2 Å². The third-order valence-corrected chi connectivity index (χ3v) is 21.9. The molecule has 0 heterocycles. The van der Waals surface area contributed by atoms with Crippen LogP contribution in [0.1, 0.15) is 0 Å². The Morgan fingerprint density at radius 1 is 0.128 bits per heavy atom. The van der Waals surface area contributed by atoms with Crippen molar-refractivity contribution >= 4 is 105 Å². The molecule has 6 heteroatoms. The van der Waals surface area contributed by atoms with Crippen molar-refractivity contribution in [1.82, 2.24) is 0 Å². The maximum absolute atomic E-state index is 4.72. The second-order valence-corrected chi connectivity index (χ2v) is 26.2. The maximum atomic E-state index is 4.72. The predicted octanol–water partition coefficient (Wildman–Crippen LogP) is 14.5. The van der Waals surface area contributed by atoms with Crippen molar-refractivity contribution in [2.24, 2.45) is 0 Å². The molecular formula is C72H60ClP4W. The SMILES string of the molecule is [Cl][W].c1ccc(P(c2ccccc2)c2ccccc2)cc1.c1ccc(P(c2ccccc2)c2ccccc2)cc1.c1ccc(P(c2ccccc2)c2ccccc2)cc1.c1ccc(P(c2ccccc2)c2ccccc2)cc1. The van der Waals surface area contributed by atoms with Gasteiger partial charge in [-0.2, -0.15) is 0 Å². The largest absolute Gasteiger partial charge is 0.0622 e. The van der Waals surface area contributed by atoms with Gasteiger partial charge in [0.05, 0.1) is 0 Å². The summed E-state index contributed by atoms with van der Waals surface area (Å²) >= 11 is 1.06. The summed E-state index contributed by atoms with van der Waals surface area (Å²) < 4.78 is 0. The number of benzene rings is 12. The van der Waals surface area contributed by atoms with E-state index in [4.69, 9.17) is 9.42 Å². The van der Waals surface area contributed by atoms with Gasteiger partial charge in [0, 0.05) is 0 Å². The molecule has 0 aliphatic heterocycles. The van der Waals surface area contributed by atoms with Crippen LogP contribution in [0.3, 0.4) is 0 Å². The van der Waals surface area contributed by atoms with Gasteiger partial charge in [-0.05, 0) is 95.3 Å². The van der Waals surface area contributed by atoms with Gasteiger partial charge in [0.25, 0.3) is 0 Å². The van der Waals surface area contributed by atoms with Crippen molar-refractivity contribution in [3.05, 3.63) is 364 Å². The third-order valence-electron chi connectivity index (χ3n) is 12.2. The monoisotopic (exact) mass is 1270 g/mol. The van der Waals surface area contributed by atoms with Crippen LogP contribution in [0.25, 0.3) is 0 Å². The van der Waals surface area contributed by atoms with E-state index in [-0.39, 0.29) is 0 Å². The number of hydrogen-bond donors (Lipinski definition) is 0. The number of hydrogen-bond acceptors (Lipinski definition) is 0. The minimum absolute atomic E-state index is 0.446. The molecule has 12 aromatic rings. The van der Waals surface area contributed by atoms with E-state index in [1.165, 1.54) is 63.7 Å². The van der Waals surface area contributed by atoms with Crippen LogP contribution in [-0.2, 0) is 18.8 Å². The molecular weight excluding hydrogens is 1210 g/mol. The second-order valence-electron chi connectivity index (χ2n) is 17.4. The maximum Gasteiger partial charge on any atom is -0.0134 e. The Bertz CT molecular complexity index is 2580. The van der Waals surface area contributed by atoms with Crippen LogP contribution < -0.4 is 63.7 Å². The Labute approximate surface area is 483 Å². The topological polar surface area (TPSA) is 0 Å². The van der Waals surface area contributed by atoms with Crippen molar-refractivity contribution in [1.29, 1.82) is 0 Å². The first-order valence-corrected chi connectivity index (χ1v) is 34.8. The quantitative estimate of drug-likeness (QED) is 0.107. The van der Waals surface area contributed by atoms with Crippen molar-refractivity contribution in [3.8, 4) is 0 Å². The molecule has 0 saturated carbocycles. The number of rotatable bonds is 12. The normalized spacial score (nSPS) is 10.4. The zero-order chi connectivity index (χ0) is 53.7. The average Bonchev–Trinajstić information content (AvgIpc) is 3.55. The van der Waals surface area contributed by atoms with E-state index in [0.29, 0.717) is 0 Å². The summed E-state index contributed by atoms with van der Waals surface area (Å²) in [6.45, 7) is 0. The minimum Gasteiger partial charge on any atom is -0.0622 e. The molecule has 78 heavy (non-hydrogen) atoms. The van der Waals surface area contributed by atoms with Gasteiger partial charge in [-0.25, -0.2) is 0 Å². The van der Waals surface area contributed by atoms with Crippen LogP contribution in [0.15, 0.2) is 364 Å². The summed E-state index contributed by atoms with van der Waals surface area (Å²) in [4.78, 5) is 0. The molecule has 0 fully saturated rings. The smallest absolute Gasteiger partial charge is 0.0134 e. The summed E-state index contributed by atoms with van der Waals surface area (Å²) in [5.41, 5.74) is 0. The molecule has 0 atom stereocenters. The molecule has 0 radical (unpaired) electrons. The Morgan fingerprint density at radius 3 is 0.256 bits per heavy atom. The minimum atomic E-state index is -0.446. The Hall–Kier alpha value is -6.66. The van der Waals surface area contributed by atoms with Gasteiger partial charge in [-0.15, -0.1) is 0 Å². The number of halogens is 1. The van der Waals surface area contributed by atoms with E-state index in [9.17, 15) is 0 Å². The van der Waals surface area contributed by atoms with E-state index < -0.39 is 31.7 Å². The first-order chi connectivity index (χ1) is 38.8. The zero-order valence-electron chi connectivity index (χ0n) is 43.2. The molecule has 12 aromatic carbocycles. The van der Waals surface area contributed by atoms with Crippen LogP contribution >= 0.6 is 41.1 Å². The van der Waals surface area contributed by atoms with E-state index in [0.717, 1.165) is 18.8 Å². The fourth-order valence-electron chi connectivity index (χ4n) is 8.71. The molecule has 0 aliphatic carbocycles. The fraction of sp³-hybridized carbons (Fsp3) is 0. The molecule has 381 valence electrons. The summed E-state index contributed by atoms with van der Waals surface area (Å²) in [5, 5.41) is 16.8. The van der Waals surface area contributed by atoms with Crippen molar-refractivity contribution in [3.63, 3.8) is 0 Å². The van der Waals surface area contributed by atoms with E-state index in [1.807, 2.05) is 0 Å². The molecule has 0 aliphatic rings. The van der Waals surface area contributed by atoms with E-state index in [1.54, 1.807) is 0 Å². The molecule has 0 amide bonds. The summed E-state index contributed by atoms with van der Waals surface area (Å²) in [6, 6.07) is 129. The first kappa shape index (κ1) is 57.5. The fourth-order valence-corrected chi connectivity index (χ4v) is 17.9. The Morgan fingerprint density at radius 2 is 0.192 bits per heavy atom. The van der Waals surface area contributed by atoms with Gasteiger partial charge in [-0.3, -0.25) is 0 Å². The molecule has 0 saturated heterocycles. The van der Waals surface area contributed by atoms with Gasteiger partial charge in [-0.1, -0.05) is 364 Å². The molecule has 12 rings (SSSR count). The van der Waals surface area contributed by atoms with Crippen LogP contribution in [0, 0.1) is 0 Å². The molecule has 0 nitrogen and oxygen atoms in total. The van der Waals surface area contributed by atoms with Crippen molar-refractivity contribution in [2.75, 3.05) is 0 Å². The molecule has 0 unspecified atom stereocenters.